The molecule has 0 saturated carbocycles. The van der Waals surface area contributed by atoms with E-state index in [2.05, 4.69) is 22.0 Å². The van der Waals surface area contributed by atoms with E-state index in [1.54, 1.807) is 18.5 Å². The molecule has 0 spiro atoms. The van der Waals surface area contributed by atoms with Crippen LogP contribution in [0.25, 0.3) is 10.9 Å². The molecule has 0 fully saturated rings. The van der Waals surface area contributed by atoms with Crippen molar-refractivity contribution >= 4 is 23.0 Å². The average Bonchev–Trinajstić information content (AvgIpc) is 3.14. The van der Waals surface area contributed by atoms with Crippen molar-refractivity contribution in [2.75, 3.05) is 0 Å². The fourth-order valence-electron chi connectivity index (χ4n) is 3.47. The first-order chi connectivity index (χ1) is 14.7. The van der Waals surface area contributed by atoms with Crippen LogP contribution in [-0.4, -0.2) is 21.3 Å². The highest BCUT2D eigenvalue weighted by molar-refractivity contribution is 6.00. The molecule has 2 heterocycles. The minimum atomic E-state index is -0.530. The van der Waals surface area contributed by atoms with Gasteiger partial charge in [-0.3, -0.25) is 9.59 Å². The second-order valence-electron chi connectivity index (χ2n) is 6.93. The third-order valence-corrected chi connectivity index (χ3v) is 4.99. The minimum absolute atomic E-state index is 0.0570. The smallest absolute Gasteiger partial charge is 0.276 e. The Morgan fingerprint density at radius 2 is 1.77 bits per heavy atom. The molecule has 0 aliphatic rings. The van der Waals surface area contributed by atoms with Crippen LogP contribution in [0, 0.1) is 0 Å². The van der Waals surface area contributed by atoms with E-state index < -0.39 is 5.91 Å². The molecule has 0 aliphatic carbocycles. The lowest BCUT2D eigenvalue weighted by atomic mass is 10.2. The maximum Gasteiger partial charge on any atom is 0.276 e. The molecule has 150 valence electrons. The number of aryl methyl sites for hydroxylation is 1. The molecule has 0 bridgehead atoms. The predicted octanol–water partition coefficient (Wildman–Crippen LogP) is 3.64. The summed E-state index contributed by atoms with van der Waals surface area (Å²) in [7, 11) is 0. The number of hydrazone groups is 1. The molecule has 0 saturated heterocycles. The number of aromatic nitrogens is 2. The van der Waals surface area contributed by atoms with Gasteiger partial charge < -0.3 is 9.13 Å². The lowest BCUT2D eigenvalue weighted by Crippen LogP contribution is -2.30. The molecule has 6 nitrogen and oxygen atoms in total. The van der Waals surface area contributed by atoms with Gasteiger partial charge in [0.15, 0.2) is 0 Å². The molecule has 1 amide bonds. The summed E-state index contributed by atoms with van der Waals surface area (Å²) in [4.78, 5) is 25.3. The molecule has 4 rings (SSSR count). The van der Waals surface area contributed by atoms with Crippen LogP contribution >= 0.6 is 0 Å². The molecule has 0 aliphatic heterocycles. The largest absolute Gasteiger partial charge is 0.347 e. The Morgan fingerprint density at radius 1 is 1.00 bits per heavy atom. The van der Waals surface area contributed by atoms with E-state index in [-0.39, 0.29) is 11.1 Å². The maximum absolute atomic E-state index is 12.7. The van der Waals surface area contributed by atoms with Crippen molar-refractivity contribution in [3.8, 4) is 0 Å². The number of benzene rings is 2. The van der Waals surface area contributed by atoms with Crippen molar-refractivity contribution in [3.05, 3.63) is 106 Å². The topological polar surface area (TPSA) is 68.4 Å². The van der Waals surface area contributed by atoms with Gasteiger partial charge in [-0.05, 0) is 30.7 Å². The second-order valence-corrected chi connectivity index (χ2v) is 6.93. The fraction of sp³-hybridized carbons (Fsp3) is 0.125. The van der Waals surface area contributed by atoms with E-state index in [1.165, 1.54) is 10.6 Å². The van der Waals surface area contributed by atoms with E-state index in [9.17, 15) is 9.59 Å². The zero-order chi connectivity index (χ0) is 20.9. The Bertz CT molecular complexity index is 1270. The molecular weight excluding hydrogens is 376 g/mol. The van der Waals surface area contributed by atoms with Crippen LogP contribution in [0.15, 0.2) is 89.0 Å². The number of nitrogens with zero attached hydrogens (tertiary/aromatic N) is 3. The number of pyridine rings is 1. The summed E-state index contributed by atoms with van der Waals surface area (Å²) < 4.78 is 3.64. The summed E-state index contributed by atoms with van der Waals surface area (Å²) in [5.41, 5.74) is 5.19. The first-order valence-electron chi connectivity index (χ1n) is 9.82. The van der Waals surface area contributed by atoms with Gasteiger partial charge in [0.05, 0.1) is 12.8 Å². The summed E-state index contributed by atoms with van der Waals surface area (Å²) in [5.74, 6) is -0.530. The zero-order valence-electron chi connectivity index (χ0n) is 16.7. The van der Waals surface area contributed by atoms with Gasteiger partial charge in [-0.1, -0.05) is 48.5 Å². The Hall–Kier alpha value is -3.93. The third-order valence-electron chi connectivity index (χ3n) is 4.99. The van der Waals surface area contributed by atoms with Crippen molar-refractivity contribution in [2.24, 2.45) is 5.10 Å². The fourth-order valence-corrected chi connectivity index (χ4v) is 3.47. The minimum Gasteiger partial charge on any atom is -0.347 e. The van der Waals surface area contributed by atoms with Gasteiger partial charge >= 0.3 is 0 Å². The first kappa shape index (κ1) is 19.4. The summed E-state index contributed by atoms with van der Waals surface area (Å²) >= 11 is 0. The number of para-hydroxylation sites is 1. The summed E-state index contributed by atoms with van der Waals surface area (Å²) in [6, 6.07) is 20.9. The molecule has 6 heteroatoms. The van der Waals surface area contributed by atoms with Gasteiger partial charge in [-0.15, -0.1) is 0 Å². The SMILES string of the molecule is CCn1cc(/C=N\NC(=O)c2cccn(Cc3ccccc3)c2=O)c2ccccc21. The summed E-state index contributed by atoms with van der Waals surface area (Å²) in [6.07, 6.45) is 5.28. The van der Waals surface area contributed by atoms with E-state index in [4.69, 9.17) is 0 Å². The molecule has 2 aromatic heterocycles. The number of hydrogen-bond acceptors (Lipinski definition) is 3. The highest BCUT2D eigenvalue weighted by Crippen LogP contribution is 2.19. The number of amides is 1. The Labute approximate surface area is 174 Å². The number of carbonyl (C=O) groups is 1. The lowest BCUT2D eigenvalue weighted by molar-refractivity contribution is 0.0953. The third kappa shape index (κ3) is 3.93. The van der Waals surface area contributed by atoms with Crippen molar-refractivity contribution in [1.29, 1.82) is 0 Å². The highest BCUT2D eigenvalue weighted by atomic mass is 16.2. The molecule has 0 radical (unpaired) electrons. The van der Waals surface area contributed by atoms with Crippen LogP contribution in [0.1, 0.15) is 28.4 Å². The van der Waals surface area contributed by atoms with Crippen molar-refractivity contribution < 1.29 is 4.79 Å². The summed E-state index contributed by atoms with van der Waals surface area (Å²) in [5, 5.41) is 5.14. The van der Waals surface area contributed by atoms with E-state index in [0.29, 0.717) is 6.54 Å². The van der Waals surface area contributed by atoms with E-state index in [1.807, 2.05) is 60.8 Å². The number of hydrogen-bond donors (Lipinski definition) is 1. The monoisotopic (exact) mass is 398 g/mol. The molecule has 0 unspecified atom stereocenters. The molecule has 30 heavy (non-hydrogen) atoms. The highest BCUT2D eigenvalue weighted by Gasteiger charge is 2.12. The maximum atomic E-state index is 12.7. The van der Waals surface area contributed by atoms with E-state index in [0.717, 1.165) is 28.6 Å². The zero-order valence-corrected chi connectivity index (χ0v) is 16.7. The van der Waals surface area contributed by atoms with Crippen molar-refractivity contribution in [2.45, 2.75) is 20.0 Å². The number of fused-ring (bicyclic) bond motifs is 1. The van der Waals surface area contributed by atoms with E-state index >= 15 is 0 Å². The van der Waals surface area contributed by atoms with Gasteiger partial charge in [0.2, 0.25) is 0 Å². The second kappa shape index (κ2) is 8.61. The van der Waals surface area contributed by atoms with Crippen LogP contribution in [0.4, 0.5) is 0 Å². The first-order valence-corrected chi connectivity index (χ1v) is 9.82. The number of nitrogens with one attached hydrogen (secondary N) is 1. The van der Waals surface area contributed by atoms with Crippen molar-refractivity contribution in [3.63, 3.8) is 0 Å². The van der Waals surface area contributed by atoms with Gasteiger partial charge in [0, 0.05) is 35.4 Å². The van der Waals surface area contributed by atoms with Crippen LogP contribution in [-0.2, 0) is 13.1 Å². The average molecular weight is 398 g/mol. The molecule has 2 aromatic carbocycles. The Morgan fingerprint density at radius 3 is 2.57 bits per heavy atom. The molecule has 4 aromatic rings. The summed E-state index contributed by atoms with van der Waals surface area (Å²) in [6.45, 7) is 3.32. The normalized spacial score (nSPS) is 11.2. The van der Waals surface area contributed by atoms with Crippen LogP contribution in [0.2, 0.25) is 0 Å². The van der Waals surface area contributed by atoms with Crippen molar-refractivity contribution in [1.82, 2.24) is 14.6 Å². The van der Waals surface area contributed by atoms with Gasteiger partial charge in [-0.25, -0.2) is 5.43 Å². The molecule has 1 N–H and O–H groups in total. The van der Waals surface area contributed by atoms with Crippen LogP contribution < -0.4 is 11.0 Å². The van der Waals surface area contributed by atoms with Crippen LogP contribution in [0.3, 0.4) is 0 Å². The van der Waals surface area contributed by atoms with Gasteiger partial charge in [0.25, 0.3) is 11.5 Å². The predicted molar refractivity (Wildman–Crippen MR) is 119 cm³/mol. The quantitative estimate of drug-likeness (QED) is 0.398. The number of carbonyl (C=O) groups excluding carboxylic acids is 1. The van der Waals surface area contributed by atoms with Gasteiger partial charge in [0.1, 0.15) is 5.56 Å². The molecular formula is C24H22N4O2. The number of rotatable bonds is 6. The van der Waals surface area contributed by atoms with Crippen LogP contribution in [0.5, 0.6) is 0 Å². The Kier molecular flexibility index (Phi) is 5.57. The van der Waals surface area contributed by atoms with Gasteiger partial charge in [-0.2, -0.15) is 5.10 Å². The lowest BCUT2D eigenvalue weighted by Gasteiger charge is -2.07. The Balaban J connectivity index is 1.52. The standard InChI is InChI=1S/C24H22N4O2/c1-2-27-17-19(20-11-6-7-13-22(20)27)15-25-26-23(29)21-12-8-14-28(24(21)30)16-18-9-4-3-5-10-18/h3-15,17H,2,16H2,1H3,(H,26,29)/b25-15-. The molecule has 0 atom stereocenters.